The Morgan fingerprint density at radius 1 is 1.03 bits per heavy atom. The first-order valence-corrected chi connectivity index (χ1v) is 10.2. The molecule has 0 aromatic heterocycles. The van der Waals surface area contributed by atoms with E-state index in [2.05, 4.69) is 15.8 Å². The van der Waals surface area contributed by atoms with E-state index < -0.39 is 5.91 Å². The predicted molar refractivity (Wildman–Crippen MR) is 124 cm³/mol. The van der Waals surface area contributed by atoms with E-state index in [-0.39, 0.29) is 23.6 Å². The summed E-state index contributed by atoms with van der Waals surface area (Å²) in [4.78, 5) is 24.4. The van der Waals surface area contributed by atoms with E-state index in [1.807, 2.05) is 30.3 Å². The van der Waals surface area contributed by atoms with Crippen molar-refractivity contribution in [2.45, 2.75) is 20.0 Å². The highest BCUT2D eigenvalue weighted by Gasteiger charge is 2.12. The Labute approximate surface area is 190 Å². The molecule has 164 valence electrons. The van der Waals surface area contributed by atoms with Gasteiger partial charge in [-0.05, 0) is 55.0 Å². The van der Waals surface area contributed by atoms with Gasteiger partial charge in [-0.25, -0.2) is 5.43 Å². The number of phenols is 1. The van der Waals surface area contributed by atoms with Crippen LogP contribution in [0.5, 0.6) is 11.5 Å². The highest BCUT2D eigenvalue weighted by Crippen LogP contribution is 2.21. The van der Waals surface area contributed by atoms with Crippen molar-refractivity contribution in [3.8, 4) is 11.5 Å². The number of nitrogens with one attached hydrogen (secondary N) is 2. The van der Waals surface area contributed by atoms with Gasteiger partial charge in [0.2, 0.25) is 5.91 Å². The summed E-state index contributed by atoms with van der Waals surface area (Å²) in [6, 6.07) is 21.0. The van der Waals surface area contributed by atoms with Crippen molar-refractivity contribution < 1.29 is 19.4 Å². The number of halogens is 1. The van der Waals surface area contributed by atoms with Crippen LogP contribution in [0.1, 0.15) is 29.3 Å². The maximum absolute atomic E-state index is 12.2. The standard InChI is InChI=1S/C24H22ClN3O4/c1-16(27-28-24(31)21-14-18(25)7-12-22(21)29)13-23(30)26-19-8-10-20(11-9-19)32-15-17-5-3-2-4-6-17/h2-12,14,29H,13,15H2,1H3,(H,26,30)(H,28,31). The van der Waals surface area contributed by atoms with Gasteiger partial charge in [0.05, 0.1) is 12.0 Å². The van der Waals surface area contributed by atoms with E-state index >= 15 is 0 Å². The number of nitrogens with zero attached hydrogens (tertiary/aromatic N) is 1. The molecule has 3 aromatic carbocycles. The quantitative estimate of drug-likeness (QED) is 0.339. The van der Waals surface area contributed by atoms with E-state index in [1.54, 1.807) is 31.2 Å². The zero-order valence-electron chi connectivity index (χ0n) is 17.3. The SMILES string of the molecule is CC(CC(=O)Nc1ccc(OCc2ccccc2)cc1)=NNC(=O)c1cc(Cl)ccc1O. The maximum Gasteiger partial charge on any atom is 0.275 e. The van der Waals surface area contributed by atoms with Gasteiger partial charge in [-0.1, -0.05) is 41.9 Å². The highest BCUT2D eigenvalue weighted by molar-refractivity contribution is 6.31. The molecule has 0 aliphatic rings. The number of hydrogen-bond acceptors (Lipinski definition) is 5. The fraction of sp³-hybridized carbons (Fsp3) is 0.125. The van der Waals surface area contributed by atoms with Crippen molar-refractivity contribution >= 4 is 34.8 Å². The highest BCUT2D eigenvalue weighted by atomic mass is 35.5. The largest absolute Gasteiger partial charge is 0.507 e. The topological polar surface area (TPSA) is 100 Å². The average molecular weight is 452 g/mol. The number of anilines is 1. The first-order chi connectivity index (χ1) is 15.4. The van der Waals surface area contributed by atoms with Gasteiger partial charge >= 0.3 is 0 Å². The number of hydrazone groups is 1. The number of phenolic OH excluding ortho intramolecular Hbond substituents is 1. The fourth-order valence-corrected chi connectivity index (χ4v) is 2.92. The molecule has 0 saturated carbocycles. The van der Waals surface area contributed by atoms with Crippen LogP contribution in [-0.4, -0.2) is 22.6 Å². The fourth-order valence-electron chi connectivity index (χ4n) is 2.75. The van der Waals surface area contributed by atoms with Gasteiger partial charge in [0, 0.05) is 16.4 Å². The van der Waals surface area contributed by atoms with Crippen LogP contribution in [0.15, 0.2) is 77.9 Å². The molecule has 0 spiro atoms. The molecular formula is C24H22ClN3O4. The second kappa shape index (κ2) is 11.0. The van der Waals surface area contributed by atoms with E-state index in [0.717, 1.165) is 5.56 Å². The minimum Gasteiger partial charge on any atom is -0.507 e. The van der Waals surface area contributed by atoms with Gasteiger partial charge in [-0.2, -0.15) is 5.10 Å². The number of hydrogen-bond donors (Lipinski definition) is 3. The number of carbonyl (C=O) groups excluding carboxylic acids is 2. The molecule has 3 aromatic rings. The molecule has 0 unspecified atom stereocenters. The van der Waals surface area contributed by atoms with Gasteiger partial charge in [-0.3, -0.25) is 9.59 Å². The zero-order chi connectivity index (χ0) is 22.9. The summed E-state index contributed by atoms with van der Waals surface area (Å²) in [5, 5.41) is 16.7. The molecule has 0 aliphatic heterocycles. The summed E-state index contributed by atoms with van der Waals surface area (Å²) in [5.41, 5.74) is 4.37. The van der Waals surface area contributed by atoms with Crippen LogP contribution in [0.3, 0.4) is 0 Å². The maximum atomic E-state index is 12.2. The summed E-state index contributed by atoms with van der Waals surface area (Å²) in [6.07, 6.45) is -0.0198. The Bertz CT molecular complexity index is 1120. The van der Waals surface area contributed by atoms with E-state index in [4.69, 9.17) is 16.3 Å². The van der Waals surface area contributed by atoms with Crippen LogP contribution in [0, 0.1) is 0 Å². The van der Waals surface area contributed by atoms with Crippen LogP contribution in [0.4, 0.5) is 5.69 Å². The molecule has 3 rings (SSSR count). The second-order valence-electron chi connectivity index (χ2n) is 6.97. The first kappa shape index (κ1) is 22.8. The van der Waals surface area contributed by atoms with E-state index in [9.17, 15) is 14.7 Å². The molecule has 0 atom stereocenters. The molecule has 2 amide bonds. The molecule has 0 aliphatic carbocycles. The molecule has 0 bridgehead atoms. The summed E-state index contributed by atoms with van der Waals surface area (Å²) < 4.78 is 5.73. The van der Waals surface area contributed by atoms with E-state index in [1.165, 1.54) is 18.2 Å². The third-order valence-corrected chi connectivity index (χ3v) is 4.59. The molecule has 0 heterocycles. The number of ether oxygens (including phenoxy) is 1. The van der Waals surface area contributed by atoms with Gasteiger partial charge in [0.15, 0.2) is 0 Å². The molecule has 32 heavy (non-hydrogen) atoms. The number of benzene rings is 3. The number of aromatic hydroxyl groups is 1. The lowest BCUT2D eigenvalue weighted by Crippen LogP contribution is -2.21. The molecule has 7 nitrogen and oxygen atoms in total. The lowest BCUT2D eigenvalue weighted by Gasteiger charge is -2.09. The Kier molecular flexibility index (Phi) is 7.83. The lowest BCUT2D eigenvalue weighted by molar-refractivity contribution is -0.115. The zero-order valence-corrected chi connectivity index (χ0v) is 18.1. The molecule has 0 saturated heterocycles. The number of rotatable bonds is 8. The van der Waals surface area contributed by atoms with Gasteiger partial charge < -0.3 is 15.2 Å². The third kappa shape index (κ3) is 6.85. The molecule has 3 N–H and O–H groups in total. The van der Waals surface area contributed by atoms with E-state index in [0.29, 0.717) is 28.8 Å². The Morgan fingerprint density at radius 2 is 1.75 bits per heavy atom. The summed E-state index contributed by atoms with van der Waals surface area (Å²) >= 11 is 5.84. The minimum atomic E-state index is -0.629. The van der Waals surface area contributed by atoms with Crippen molar-refractivity contribution in [1.82, 2.24) is 5.43 Å². The predicted octanol–water partition coefficient (Wildman–Crippen LogP) is 4.76. The van der Waals surface area contributed by atoms with Gasteiger partial charge in [0.1, 0.15) is 18.1 Å². The van der Waals surface area contributed by atoms with Crippen LogP contribution < -0.4 is 15.5 Å². The first-order valence-electron chi connectivity index (χ1n) is 9.79. The number of carbonyl (C=O) groups is 2. The summed E-state index contributed by atoms with van der Waals surface area (Å²) in [5.74, 6) is -0.440. The monoisotopic (exact) mass is 451 g/mol. The molecule has 0 fully saturated rings. The van der Waals surface area contributed by atoms with Crippen molar-refractivity contribution in [3.05, 3.63) is 88.9 Å². The number of amides is 2. The van der Waals surface area contributed by atoms with Crippen molar-refractivity contribution in [1.29, 1.82) is 0 Å². The van der Waals surface area contributed by atoms with Crippen LogP contribution in [0.2, 0.25) is 5.02 Å². The van der Waals surface area contributed by atoms with Crippen LogP contribution >= 0.6 is 11.6 Å². The van der Waals surface area contributed by atoms with Gasteiger partial charge in [-0.15, -0.1) is 0 Å². The van der Waals surface area contributed by atoms with Gasteiger partial charge in [0.25, 0.3) is 5.91 Å². The summed E-state index contributed by atoms with van der Waals surface area (Å²) in [6.45, 7) is 2.07. The third-order valence-electron chi connectivity index (χ3n) is 4.35. The molecule has 8 heteroatoms. The normalized spacial score (nSPS) is 11.0. The molecular weight excluding hydrogens is 430 g/mol. The Morgan fingerprint density at radius 3 is 2.47 bits per heavy atom. The molecule has 0 radical (unpaired) electrons. The smallest absolute Gasteiger partial charge is 0.275 e. The average Bonchev–Trinajstić information content (AvgIpc) is 2.79. The Balaban J connectivity index is 1.48. The van der Waals surface area contributed by atoms with Crippen molar-refractivity contribution in [2.75, 3.05) is 5.32 Å². The summed E-state index contributed by atoms with van der Waals surface area (Å²) in [7, 11) is 0. The lowest BCUT2D eigenvalue weighted by atomic mass is 10.2. The van der Waals surface area contributed by atoms with Crippen LogP contribution in [0.25, 0.3) is 0 Å². The minimum absolute atomic E-state index is 0.00641. The van der Waals surface area contributed by atoms with Crippen molar-refractivity contribution in [2.24, 2.45) is 5.10 Å². The van der Waals surface area contributed by atoms with Crippen LogP contribution in [-0.2, 0) is 11.4 Å². The second-order valence-corrected chi connectivity index (χ2v) is 7.41. The Hall–Kier alpha value is -3.84. The van der Waals surface area contributed by atoms with Crippen molar-refractivity contribution in [3.63, 3.8) is 0 Å².